The summed E-state index contributed by atoms with van der Waals surface area (Å²) in [6, 6.07) is 0.136. The van der Waals surface area contributed by atoms with Crippen LogP contribution in [0, 0.1) is 0 Å². The number of amidine groups is 2. The van der Waals surface area contributed by atoms with Gasteiger partial charge in [-0.3, -0.25) is 4.90 Å². The summed E-state index contributed by atoms with van der Waals surface area (Å²) in [4.78, 5) is 36.2. The molecule has 3 heterocycles. The number of hydrogen-bond acceptors (Lipinski definition) is 5. The second kappa shape index (κ2) is 5.14. The zero-order valence-corrected chi connectivity index (χ0v) is 12.7. The Morgan fingerprint density at radius 2 is 2.05 bits per heavy atom. The summed E-state index contributed by atoms with van der Waals surface area (Å²) in [5.41, 5.74) is 0.277. The van der Waals surface area contributed by atoms with E-state index in [0.717, 1.165) is 11.4 Å². The Kier molecular flexibility index (Phi) is 3.44. The molecule has 0 aromatic heterocycles. The van der Waals surface area contributed by atoms with Gasteiger partial charge in [-0.05, 0) is 26.3 Å². The van der Waals surface area contributed by atoms with Gasteiger partial charge < -0.3 is 0 Å². The van der Waals surface area contributed by atoms with E-state index in [1.54, 1.807) is 7.05 Å². The Labute approximate surface area is 123 Å². The number of fused-ring (bicyclic) bond motifs is 1. The number of amides is 3. The van der Waals surface area contributed by atoms with Crippen LogP contribution in [0.4, 0.5) is 4.79 Å². The van der Waals surface area contributed by atoms with Crippen LogP contribution >= 0.6 is 0 Å². The van der Waals surface area contributed by atoms with Crippen LogP contribution < -0.4 is 0 Å². The number of urea groups is 1. The zero-order valence-electron chi connectivity index (χ0n) is 12.7. The van der Waals surface area contributed by atoms with Crippen molar-refractivity contribution in [1.29, 1.82) is 0 Å². The third-order valence-corrected chi connectivity index (χ3v) is 4.37. The molecule has 0 saturated carbocycles. The molecule has 3 rings (SSSR count). The molecule has 0 aliphatic carbocycles. The van der Waals surface area contributed by atoms with Gasteiger partial charge >= 0.3 is 17.8 Å². The molecule has 7 heteroatoms. The summed E-state index contributed by atoms with van der Waals surface area (Å²) in [7, 11) is 3.08. The van der Waals surface area contributed by atoms with Crippen molar-refractivity contribution in [2.24, 2.45) is 9.98 Å². The second-order valence-corrected chi connectivity index (χ2v) is 5.83. The van der Waals surface area contributed by atoms with E-state index in [9.17, 15) is 9.59 Å². The molecule has 7 nitrogen and oxygen atoms in total. The van der Waals surface area contributed by atoms with Crippen LogP contribution in [-0.2, 0) is 4.79 Å². The highest BCUT2D eigenvalue weighted by Crippen LogP contribution is 2.17. The summed E-state index contributed by atoms with van der Waals surface area (Å²) >= 11 is 0. The molecule has 0 aromatic rings. The van der Waals surface area contributed by atoms with Crippen molar-refractivity contribution < 1.29 is 14.2 Å². The smallest absolute Gasteiger partial charge is 0.292 e. The van der Waals surface area contributed by atoms with E-state index >= 15 is 0 Å². The number of nitrogens with zero attached hydrogens (tertiary/aromatic N) is 5. The van der Waals surface area contributed by atoms with Gasteiger partial charge in [0.2, 0.25) is 11.5 Å². The number of hydrogen-bond donors (Lipinski definition) is 0. The van der Waals surface area contributed by atoms with Crippen molar-refractivity contribution >= 4 is 29.3 Å². The predicted octanol–water partition coefficient (Wildman–Crippen LogP) is 0.347. The SMILES string of the molecule is CC1CCCCN1CC1=NC2=[N+](C)C(=O)N(C)C(=O)C2=N1. The molecule has 0 bridgehead atoms. The van der Waals surface area contributed by atoms with Gasteiger partial charge in [0.15, 0.2) is 0 Å². The van der Waals surface area contributed by atoms with E-state index < -0.39 is 0 Å². The van der Waals surface area contributed by atoms with Gasteiger partial charge in [0.05, 0.1) is 20.6 Å². The van der Waals surface area contributed by atoms with Gasteiger partial charge in [0.25, 0.3) is 0 Å². The van der Waals surface area contributed by atoms with Crippen molar-refractivity contribution in [2.45, 2.75) is 32.2 Å². The van der Waals surface area contributed by atoms with E-state index in [-0.39, 0.29) is 17.6 Å². The molecular formula is C14H20N5O2+. The lowest BCUT2D eigenvalue weighted by Gasteiger charge is -2.32. The summed E-state index contributed by atoms with van der Waals surface area (Å²) in [5.74, 6) is 0.623. The molecule has 1 unspecified atom stereocenters. The van der Waals surface area contributed by atoms with Gasteiger partial charge in [-0.15, -0.1) is 0 Å². The normalized spacial score (nSPS) is 27.0. The molecule has 3 amide bonds. The van der Waals surface area contributed by atoms with Gasteiger partial charge in [0.1, 0.15) is 0 Å². The first-order chi connectivity index (χ1) is 9.99. The van der Waals surface area contributed by atoms with E-state index in [1.165, 1.54) is 30.9 Å². The third-order valence-electron chi connectivity index (χ3n) is 4.37. The fraction of sp³-hybridized carbons (Fsp3) is 0.643. The van der Waals surface area contributed by atoms with Crippen LogP contribution in [-0.4, -0.2) is 76.9 Å². The largest absolute Gasteiger partial charge is 0.446 e. The maximum Gasteiger partial charge on any atom is 0.446 e. The lowest BCUT2D eigenvalue weighted by molar-refractivity contribution is -0.401. The first kappa shape index (κ1) is 14.1. The maximum absolute atomic E-state index is 12.1. The number of likely N-dealkylation sites (tertiary alicyclic amines) is 1. The van der Waals surface area contributed by atoms with Gasteiger partial charge in [-0.2, -0.15) is 9.48 Å². The van der Waals surface area contributed by atoms with Crippen LogP contribution in [0.3, 0.4) is 0 Å². The third kappa shape index (κ3) is 2.31. The van der Waals surface area contributed by atoms with Crippen molar-refractivity contribution in [3.8, 4) is 0 Å². The van der Waals surface area contributed by atoms with Crippen molar-refractivity contribution in [2.75, 3.05) is 27.2 Å². The number of rotatable bonds is 2. The number of carbonyl (C=O) groups is 2. The molecule has 3 aliphatic heterocycles. The summed E-state index contributed by atoms with van der Waals surface area (Å²) < 4.78 is 1.38. The molecular weight excluding hydrogens is 270 g/mol. The van der Waals surface area contributed by atoms with E-state index in [2.05, 4.69) is 21.8 Å². The molecule has 1 atom stereocenters. The molecule has 21 heavy (non-hydrogen) atoms. The topological polar surface area (TPSA) is 68.3 Å². The Balaban J connectivity index is 1.86. The average Bonchev–Trinajstić information content (AvgIpc) is 2.89. The fourth-order valence-corrected chi connectivity index (χ4v) is 2.96. The predicted molar refractivity (Wildman–Crippen MR) is 79.1 cm³/mol. The molecule has 0 aromatic carbocycles. The number of carbonyl (C=O) groups excluding carboxylic acids is 2. The molecule has 0 spiro atoms. The molecule has 0 N–H and O–H groups in total. The molecule has 0 radical (unpaired) electrons. The van der Waals surface area contributed by atoms with E-state index in [1.807, 2.05) is 0 Å². The van der Waals surface area contributed by atoms with Gasteiger partial charge in [-0.1, -0.05) is 11.4 Å². The minimum absolute atomic E-state index is 0.277. The standard InChI is InChI=1S/C14H20N5O2/c1-9-6-4-5-7-19(9)8-10-15-11-12(16-10)17(2)14(21)18(3)13(11)20/h9H,4-8H2,1-3H3/q+1. The molecule has 1 fully saturated rings. The van der Waals surface area contributed by atoms with Crippen LogP contribution in [0.5, 0.6) is 0 Å². The second-order valence-electron chi connectivity index (χ2n) is 5.83. The molecule has 112 valence electrons. The van der Waals surface area contributed by atoms with Crippen LogP contribution in [0.2, 0.25) is 0 Å². The van der Waals surface area contributed by atoms with E-state index in [0.29, 0.717) is 24.3 Å². The highest BCUT2D eigenvalue weighted by molar-refractivity contribution is 6.70. The first-order valence-electron chi connectivity index (χ1n) is 7.32. The Morgan fingerprint density at radius 3 is 2.76 bits per heavy atom. The van der Waals surface area contributed by atoms with Crippen molar-refractivity contribution in [3.05, 3.63) is 0 Å². The minimum atomic E-state index is -0.376. The van der Waals surface area contributed by atoms with Gasteiger partial charge in [-0.25, -0.2) is 14.6 Å². The lowest BCUT2D eigenvalue weighted by atomic mass is 10.0. The highest BCUT2D eigenvalue weighted by Gasteiger charge is 2.44. The zero-order chi connectivity index (χ0) is 15.1. The van der Waals surface area contributed by atoms with E-state index in [4.69, 9.17) is 0 Å². The Bertz CT molecular complexity index is 604. The average molecular weight is 290 g/mol. The number of aliphatic imine (C=N–C) groups is 2. The summed E-state index contributed by atoms with van der Waals surface area (Å²) in [6.45, 7) is 3.87. The molecule has 3 aliphatic rings. The van der Waals surface area contributed by atoms with Crippen LogP contribution in [0.1, 0.15) is 26.2 Å². The fourth-order valence-electron chi connectivity index (χ4n) is 2.96. The number of imide groups is 1. The van der Waals surface area contributed by atoms with Crippen molar-refractivity contribution in [1.82, 2.24) is 9.80 Å². The maximum atomic E-state index is 12.1. The van der Waals surface area contributed by atoms with Crippen LogP contribution in [0.15, 0.2) is 9.98 Å². The molecule has 1 saturated heterocycles. The first-order valence-corrected chi connectivity index (χ1v) is 7.32. The summed E-state index contributed by atoms with van der Waals surface area (Å²) in [5, 5.41) is 0. The number of piperidine rings is 1. The monoisotopic (exact) mass is 290 g/mol. The van der Waals surface area contributed by atoms with Crippen molar-refractivity contribution in [3.63, 3.8) is 0 Å². The van der Waals surface area contributed by atoms with Crippen LogP contribution in [0.25, 0.3) is 0 Å². The Morgan fingerprint density at radius 1 is 1.29 bits per heavy atom. The minimum Gasteiger partial charge on any atom is -0.292 e. The lowest BCUT2D eigenvalue weighted by Crippen LogP contribution is -2.51. The summed E-state index contributed by atoms with van der Waals surface area (Å²) in [6.07, 6.45) is 3.63. The van der Waals surface area contributed by atoms with Gasteiger partial charge in [0, 0.05) is 6.04 Å². The highest BCUT2D eigenvalue weighted by atomic mass is 16.2. The quantitative estimate of drug-likeness (QED) is 0.689. The Hall–Kier alpha value is -1.89.